The monoisotopic (exact) mass is 516 g/mol. The second-order valence-electron chi connectivity index (χ2n) is 11.9. The van der Waals surface area contributed by atoms with E-state index in [0.29, 0.717) is 38.3 Å². The molecule has 10 atom stereocenters. The molecule has 1 aliphatic heterocycles. The second-order valence-corrected chi connectivity index (χ2v) is 11.9. The maximum absolute atomic E-state index is 14.9. The number of amides is 1. The maximum atomic E-state index is 14.9. The number of hydroxylamine groups is 2. The number of nitrogens with zero attached hydrogens (tertiary/aromatic N) is 1. The van der Waals surface area contributed by atoms with E-state index in [2.05, 4.69) is 19.2 Å². The molecule has 1 amide bonds. The third-order valence-corrected chi connectivity index (χ3v) is 8.67. The predicted octanol–water partition coefficient (Wildman–Crippen LogP) is 2.30. The number of hydrogen-bond donors (Lipinski definition) is 4. The van der Waals surface area contributed by atoms with Gasteiger partial charge in [0.05, 0.1) is 31.5 Å². The van der Waals surface area contributed by atoms with Gasteiger partial charge in [-0.3, -0.25) is 9.63 Å². The molecule has 4 N–H and O–H groups in total. The summed E-state index contributed by atoms with van der Waals surface area (Å²) >= 11 is 0. The number of rotatable bonds is 11. The van der Waals surface area contributed by atoms with Crippen LogP contribution in [-0.2, 0) is 14.4 Å². The molecule has 0 bridgehead atoms. The zero-order chi connectivity index (χ0) is 26.4. The standard InChI is InChI=1S/C27H49FN2O6/c1-16(2)8-22(14-31)29-27(34)20-9-19(10-21(28)11-20)23-7-5-6-18(26(23)35-4)12-30-13-24(17(3)33)25(15-32)36-30/h16-26,31-33H,5-15H2,1-4H3,(H,29,34)/t17-,18?,19?,20?,21?,22-,23?,24+,25-,26?/m0/s1. The third-order valence-electron chi connectivity index (χ3n) is 8.67. The first-order valence-corrected chi connectivity index (χ1v) is 13.9. The molecular formula is C27H49FN2O6. The Labute approximate surface area is 215 Å². The molecule has 36 heavy (non-hydrogen) atoms. The molecule has 0 aromatic heterocycles. The fourth-order valence-electron chi connectivity index (χ4n) is 6.96. The largest absolute Gasteiger partial charge is 0.394 e. The molecule has 0 radical (unpaired) electrons. The van der Waals surface area contributed by atoms with Gasteiger partial charge >= 0.3 is 0 Å². The minimum Gasteiger partial charge on any atom is -0.394 e. The van der Waals surface area contributed by atoms with Crippen molar-refractivity contribution in [3.05, 3.63) is 0 Å². The van der Waals surface area contributed by atoms with Crippen LogP contribution in [0, 0.1) is 35.5 Å². The molecule has 0 aromatic rings. The van der Waals surface area contributed by atoms with Crippen LogP contribution in [0.3, 0.4) is 0 Å². The third kappa shape index (κ3) is 7.60. The smallest absolute Gasteiger partial charge is 0.223 e. The quantitative estimate of drug-likeness (QED) is 0.333. The summed E-state index contributed by atoms with van der Waals surface area (Å²) in [6.45, 7) is 6.78. The summed E-state index contributed by atoms with van der Waals surface area (Å²) in [7, 11) is 1.72. The zero-order valence-corrected chi connectivity index (χ0v) is 22.5. The van der Waals surface area contributed by atoms with Gasteiger partial charge in [-0.2, -0.15) is 5.06 Å². The van der Waals surface area contributed by atoms with E-state index in [1.165, 1.54) is 0 Å². The van der Waals surface area contributed by atoms with Crippen LogP contribution < -0.4 is 5.32 Å². The van der Waals surface area contributed by atoms with Crippen molar-refractivity contribution < 1.29 is 34.1 Å². The number of methoxy groups -OCH3 is 1. The van der Waals surface area contributed by atoms with Gasteiger partial charge in [-0.25, -0.2) is 4.39 Å². The average Bonchev–Trinajstić information content (AvgIpc) is 3.26. The van der Waals surface area contributed by atoms with E-state index in [9.17, 15) is 24.5 Å². The Kier molecular flexibility index (Phi) is 11.4. The van der Waals surface area contributed by atoms with Crippen molar-refractivity contribution in [1.29, 1.82) is 0 Å². The number of halogens is 1. The molecular weight excluding hydrogens is 467 g/mol. The minimum absolute atomic E-state index is 0.0600. The molecule has 1 heterocycles. The highest BCUT2D eigenvalue weighted by molar-refractivity contribution is 5.79. The van der Waals surface area contributed by atoms with Gasteiger partial charge in [0.25, 0.3) is 0 Å². The Morgan fingerprint density at radius 2 is 1.94 bits per heavy atom. The number of carbonyl (C=O) groups is 1. The summed E-state index contributed by atoms with van der Waals surface area (Å²) in [4.78, 5) is 19.0. The van der Waals surface area contributed by atoms with Crippen LogP contribution >= 0.6 is 0 Å². The maximum Gasteiger partial charge on any atom is 0.223 e. The normalized spacial score (nSPS) is 37.7. The van der Waals surface area contributed by atoms with Gasteiger partial charge in [0.1, 0.15) is 12.3 Å². The summed E-state index contributed by atoms with van der Waals surface area (Å²) in [5, 5.41) is 34.2. The zero-order valence-electron chi connectivity index (χ0n) is 22.5. The van der Waals surface area contributed by atoms with E-state index in [1.54, 1.807) is 14.0 Å². The van der Waals surface area contributed by atoms with Gasteiger partial charge in [0, 0.05) is 38.0 Å². The molecule has 9 heteroatoms. The molecule has 2 aliphatic carbocycles. The minimum atomic E-state index is -1.02. The fourth-order valence-corrected chi connectivity index (χ4v) is 6.96. The first-order valence-electron chi connectivity index (χ1n) is 13.9. The second kappa shape index (κ2) is 13.8. The highest BCUT2D eigenvalue weighted by atomic mass is 19.1. The van der Waals surface area contributed by atoms with Crippen molar-refractivity contribution in [2.45, 2.75) is 96.2 Å². The Morgan fingerprint density at radius 1 is 1.19 bits per heavy atom. The van der Waals surface area contributed by atoms with E-state index in [1.807, 2.05) is 5.06 Å². The number of carbonyl (C=O) groups excluding carboxylic acids is 1. The summed E-state index contributed by atoms with van der Waals surface area (Å²) in [6.07, 6.45) is 2.89. The van der Waals surface area contributed by atoms with E-state index in [4.69, 9.17) is 9.57 Å². The number of ether oxygens (including phenoxy) is 1. The van der Waals surface area contributed by atoms with Gasteiger partial charge in [-0.15, -0.1) is 0 Å². The molecule has 0 spiro atoms. The van der Waals surface area contributed by atoms with Gasteiger partial charge in [0.15, 0.2) is 0 Å². The SMILES string of the molecule is COC1C(CN2C[C@H]([C@H](C)O)[C@H](CO)O2)CCCC1C1CC(F)CC(C(=O)N[C@H](CO)CC(C)C)C1. The first kappa shape index (κ1) is 29.7. The lowest BCUT2D eigenvalue weighted by Gasteiger charge is -2.45. The Hall–Kier alpha value is -0.840. The molecule has 2 saturated carbocycles. The molecule has 8 nitrogen and oxygen atoms in total. The number of nitrogens with one attached hydrogen (secondary N) is 1. The van der Waals surface area contributed by atoms with Crippen LogP contribution in [-0.4, -0.2) is 90.2 Å². The number of aliphatic hydroxyl groups excluding tert-OH is 3. The van der Waals surface area contributed by atoms with Crippen molar-refractivity contribution in [3.63, 3.8) is 0 Å². The fraction of sp³-hybridized carbons (Fsp3) is 0.963. The van der Waals surface area contributed by atoms with Crippen molar-refractivity contribution in [1.82, 2.24) is 10.4 Å². The van der Waals surface area contributed by atoms with Crippen LogP contribution in [0.5, 0.6) is 0 Å². The predicted molar refractivity (Wildman–Crippen MR) is 135 cm³/mol. The van der Waals surface area contributed by atoms with Gasteiger partial charge in [-0.05, 0) is 63.2 Å². The van der Waals surface area contributed by atoms with Crippen LogP contribution in [0.25, 0.3) is 0 Å². The molecule has 3 fully saturated rings. The van der Waals surface area contributed by atoms with Crippen molar-refractivity contribution in [3.8, 4) is 0 Å². The molecule has 1 saturated heterocycles. The highest BCUT2D eigenvalue weighted by Gasteiger charge is 2.45. The molecule has 0 aromatic carbocycles. The van der Waals surface area contributed by atoms with Crippen molar-refractivity contribution in [2.75, 3.05) is 33.4 Å². The van der Waals surface area contributed by atoms with E-state index in [-0.39, 0.29) is 61.4 Å². The van der Waals surface area contributed by atoms with Crippen molar-refractivity contribution >= 4 is 5.91 Å². The average molecular weight is 517 g/mol. The Balaban J connectivity index is 1.64. The van der Waals surface area contributed by atoms with Crippen LogP contribution in [0.1, 0.15) is 65.7 Å². The lowest BCUT2D eigenvalue weighted by Crippen LogP contribution is -2.48. The topological polar surface area (TPSA) is 111 Å². The van der Waals surface area contributed by atoms with Gasteiger partial charge < -0.3 is 25.4 Å². The molecule has 3 aliphatic rings. The number of aliphatic hydroxyl groups is 3. The van der Waals surface area contributed by atoms with Crippen LogP contribution in [0.15, 0.2) is 0 Å². The number of hydrogen-bond acceptors (Lipinski definition) is 7. The van der Waals surface area contributed by atoms with E-state index < -0.39 is 24.3 Å². The molecule has 6 unspecified atom stereocenters. The Bertz CT molecular complexity index is 683. The van der Waals surface area contributed by atoms with E-state index in [0.717, 1.165) is 19.3 Å². The summed E-state index contributed by atoms with van der Waals surface area (Å²) in [5.41, 5.74) is 0. The van der Waals surface area contributed by atoms with Gasteiger partial charge in [0.2, 0.25) is 5.91 Å². The first-order chi connectivity index (χ1) is 17.2. The number of alkyl halides is 1. The lowest BCUT2D eigenvalue weighted by atomic mass is 9.66. The van der Waals surface area contributed by atoms with E-state index >= 15 is 0 Å². The molecule has 3 rings (SSSR count). The molecule has 210 valence electrons. The Morgan fingerprint density at radius 3 is 2.53 bits per heavy atom. The van der Waals surface area contributed by atoms with Gasteiger partial charge in [-0.1, -0.05) is 20.3 Å². The lowest BCUT2D eigenvalue weighted by molar-refractivity contribution is -0.178. The highest BCUT2D eigenvalue weighted by Crippen LogP contribution is 2.44. The van der Waals surface area contributed by atoms with Crippen molar-refractivity contribution in [2.24, 2.45) is 35.5 Å². The van der Waals surface area contributed by atoms with Crippen LogP contribution in [0.2, 0.25) is 0 Å². The van der Waals surface area contributed by atoms with Crippen LogP contribution in [0.4, 0.5) is 4.39 Å². The summed E-state index contributed by atoms with van der Waals surface area (Å²) in [5.74, 6) is 0.0855. The summed E-state index contributed by atoms with van der Waals surface area (Å²) in [6, 6.07) is -0.296. The summed E-state index contributed by atoms with van der Waals surface area (Å²) < 4.78 is 21.0.